The van der Waals surface area contributed by atoms with Gasteiger partial charge in [-0.05, 0) is 32.6 Å². The minimum atomic E-state index is 0. The lowest BCUT2D eigenvalue weighted by Crippen LogP contribution is -3.00. The van der Waals surface area contributed by atoms with Crippen molar-refractivity contribution in [3.8, 4) is 0 Å². The van der Waals surface area contributed by atoms with Crippen molar-refractivity contribution in [1.29, 1.82) is 0 Å². The molecule has 0 bridgehead atoms. The maximum Gasteiger partial charge on any atom is 0.0886 e. The number of hydrogen-bond donors (Lipinski definition) is 0. The smallest absolute Gasteiger partial charge is 0.0886 e. The van der Waals surface area contributed by atoms with Crippen molar-refractivity contribution >= 4 is 0 Å². The first-order valence-electron chi connectivity index (χ1n) is 4.99. The molecule has 1 fully saturated rings. The van der Waals surface area contributed by atoms with Crippen LogP contribution in [0.2, 0.25) is 0 Å². The number of nitrogens with zero attached hydrogens (tertiary/aromatic N) is 1. The predicted molar refractivity (Wildman–Crippen MR) is 49.5 cm³/mol. The van der Waals surface area contributed by atoms with E-state index < -0.39 is 0 Å². The lowest BCUT2D eigenvalue weighted by molar-refractivity contribution is -0.914. The van der Waals surface area contributed by atoms with Gasteiger partial charge in [-0.3, -0.25) is 0 Å². The van der Waals surface area contributed by atoms with Gasteiger partial charge in [0.1, 0.15) is 0 Å². The Hall–Kier alpha value is 0.690. The molecule has 0 radical (unpaired) electrons. The fourth-order valence-electron chi connectivity index (χ4n) is 2.04. The third kappa shape index (κ3) is 3.21. The molecule has 0 aromatic rings. The zero-order chi connectivity index (χ0) is 8.32. The van der Waals surface area contributed by atoms with Crippen LogP contribution in [-0.2, 0) is 0 Å². The van der Waals surface area contributed by atoms with Gasteiger partial charge in [-0.1, -0.05) is 6.42 Å². The Morgan fingerprint density at radius 2 is 1.58 bits per heavy atom. The standard InChI is InChI=1S/C10H22N.HI/c1-4-11(2,3)10-8-6-5-7-9-10;/h10H,4-9H2,1-3H3;1H/q+1;/p-1. The summed E-state index contributed by atoms with van der Waals surface area (Å²) >= 11 is 0. The van der Waals surface area contributed by atoms with E-state index in [4.69, 9.17) is 0 Å². The summed E-state index contributed by atoms with van der Waals surface area (Å²) in [5.74, 6) is 0. The van der Waals surface area contributed by atoms with Crippen molar-refractivity contribution in [2.45, 2.75) is 45.1 Å². The molecule has 0 heterocycles. The highest BCUT2D eigenvalue weighted by Crippen LogP contribution is 2.24. The van der Waals surface area contributed by atoms with Crippen LogP contribution in [0.5, 0.6) is 0 Å². The second kappa shape index (κ2) is 5.43. The van der Waals surface area contributed by atoms with E-state index in [0.29, 0.717) is 0 Å². The molecule has 0 saturated heterocycles. The number of hydrogen-bond acceptors (Lipinski definition) is 0. The number of quaternary nitrogens is 1. The topological polar surface area (TPSA) is 0 Å². The molecule has 1 saturated carbocycles. The molecule has 0 aromatic heterocycles. The van der Waals surface area contributed by atoms with Crippen LogP contribution in [0.4, 0.5) is 0 Å². The first-order valence-corrected chi connectivity index (χ1v) is 4.99. The van der Waals surface area contributed by atoms with Gasteiger partial charge < -0.3 is 28.5 Å². The Labute approximate surface area is 94.1 Å². The van der Waals surface area contributed by atoms with E-state index >= 15 is 0 Å². The van der Waals surface area contributed by atoms with Gasteiger partial charge >= 0.3 is 0 Å². The molecule has 0 atom stereocenters. The molecule has 0 unspecified atom stereocenters. The Balaban J connectivity index is 0.00000121. The Kier molecular flexibility index (Phi) is 5.74. The molecule has 0 spiro atoms. The molecule has 0 amide bonds. The van der Waals surface area contributed by atoms with Gasteiger partial charge in [0.05, 0.1) is 26.7 Å². The van der Waals surface area contributed by atoms with Crippen LogP contribution in [0.25, 0.3) is 0 Å². The van der Waals surface area contributed by atoms with Crippen LogP contribution in [0.3, 0.4) is 0 Å². The first kappa shape index (κ1) is 12.7. The van der Waals surface area contributed by atoms with Crippen LogP contribution in [0.1, 0.15) is 39.0 Å². The van der Waals surface area contributed by atoms with Crippen LogP contribution >= 0.6 is 0 Å². The van der Waals surface area contributed by atoms with Crippen molar-refractivity contribution in [2.75, 3.05) is 20.6 Å². The third-order valence-corrected chi connectivity index (χ3v) is 3.38. The number of rotatable bonds is 2. The fraction of sp³-hybridized carbons (Fsp3) is 1.00. The summed E-state index contributed by atoms with van der Waals surface area (Å²) in [6, 6.07) is 0.953. The van der Waals surface area contributed by atoms with E-state index in [2.05, 4.69) is 21.0 Å². The van der Waals surface area contributed by atoms with Crippen molar-refractivity contribution in [2.24, 2.45) is 0 Å². The number of halogens is 1. The Morgan fingerprint density at radius 3 is 2.00 bits per heavy atom. The minimum Gasteiger partial charge on any atom is -1.00 e. The highest BCUT2D eigenvalue weighted by Gasteiger charge is 2.27. The van der Waals surface area contributed by atoms with E-state index in [1.807, 2.05) is 0 Å². The monoisotopic (exact) mass is 283 g/mol. The fourth-order valence-corrected chi connectivity index (χ4v) is 2.04. The minimum absolute atomic E-state index is 0. The zero-order valence-corrected chi connectivity index (χ0v) is 10.8. The van der Waals surface area contributed by atoms with E-state index in [-0.39, 0.29) is 24.0 Å². The van der Waals surface area contributed by atoms with Crippen LogP contribution < -0.4 is 24.0 Å². The zero-order valence-electron chi connectivity index (χ0n) is 8.65. The lowest BCUT2D eigenvalue weighted by atomic mass is 9.93. The summed E-state index contributed by atoms with van der Waals surface area (Å²) in [4.78, 5) is 0. The van der Waals surface area contributed by atoms with Crippen LogP contribution in [0.15, 0.2) is 0 Å². The normalized spacial score (nSPS) is 20.2. The van der Waals surface area contributed by atoms with Crippen molar-refractivity contribution in [3.63, 3.8) is 0 Å². The average molecular weight is 283 g/mol. The second-order valence-electron chi connectivity index (χ2n) is 4.39. The third-order valence-electron chi connectivity index (χ3n) is 3.38. The molecule has 74 valence electrons. The van der Waals surface area contributed by atoms with Gasteiger partial charge in [0.25, 0.3) is 0 Å². The second-order valence-corrected chi connectivity index (χ2v) is 4.39. The quantitative estimate of drug-likeness (QED) is 0.470. The molecule has 0 aromatic carbocycles. The molecule has 1 aliphatic carbocycles. The molecule has 0 aliphatic heterocycles. The summed E-state index contributed by atoms with van der Waals surface area (Å²) in [5, 5.41) is 0. The van der Waals surface area contributed by atoms with Crippen LogP contribution in [0, 0.1) is 0 Å². The van der Waals surface area contributed by atoms with Crippen molar-refractivity contribution in [3.05, 3.63) is 0 Å². The summed E-state index contributed by atoms with van der Waals surface area (Å²) < 4.78 is 1.24. The van der Waals surface area contributed by atoms with E-state index in [1.54, 1.807) is 0 Å². The molecule has 1 aliphatic rings. The summed E-state index contributed by atoms with van der Waals surface area (Å²) in [6.45, 7) is 3.58. The highest BCUT2D eigenvalue weighted by molar-refractivity contribution is 4.65. The van der Waals surface area contributed by atoms with Crippen molar-refractivity contribution in [1.82, 2.24) is 0 Å². The van der Waals surface area contributed by atoms with Gasteiger partial charge in [0.15, 0.2) is 0 Å². The highest BCUT2D eigenvalue weighted by atomic mass is 127. The summed E-state index contributed by atoms with van der Waals surface area (Å²) in [5.41, 5.74) is 0. The maximum absolute atomic E-state index is 2.37. The van der Waals surface area contributed by atoms with Gasteiger partial charge in [0.2, 0.25) is 0 Å². The Bertz CT molecular complexity index is 117. The molecular formula is C10H22IN. The van der Waals surface area contributed by atoms with Gasteiger partial charge in [-0.2, -0.15) is 0 Å². The van der Waals surface area contributed by atoms with Gasteiger partial charge in [0, 0.05) is 0 Å². The summed E-state index contributed by atoms with van der Waals surface area (Å²) in [7, 11) is 4.74. The van der Waals surface area contributed by atoms with E-state index in [9.17, 15) is 0 Å². The molecule has 2 heteroatoms. The molecule has 12 heavy (non-hydrogen) atoms. The van der Waals surface area contributed by atoms with E-state index in [1.165, 1.54) is 43.1 Å². The Morgan fingerprint density at radius 1 is 1.08 bits per heavy atom. The largest absolute Gasteiger partial charge is 1.00 e. The first-order chi connectivity index (χ1) is 5.17. The predicted octanol–water partition coefficient (Wildman–Crippen LogP) is -0.581. The van der Waals surface area contributed by atoms with Crippen LogP contribution in [-0.4, -0.2) is 31.2 Å². The van der Waals surface area contributed by atoms with Crippen molar-refractivity contribution < 1.29 is 28.5 Å². The van der Waals surface area contributed by atoms with Gasteiger partial charge in [-0.15, -0.1) is 0 Å². The lowest BCUT2D eigenvalue weighted by Gasteiger charge is -2.39. The average Bonchev–Trinajstić information content (AvgIpc) is 2.06. The van der Waals surface area contributed by atoms with E-state index in [0.717, 1.165) is 6.04 Å². The molecule has 1 rings (SSSR count). The molecule has 1 nitrogen and oxygen atoms in total. The van der Waals surface area contributed by atoms with Gasteiger partial charge in [-0.25, -0.2) is 0 Å². The SMILES string of the molecule is CC[N+](C)(C)C1CCCCC1.[I-]. The molecule has 0 N–H and O–H groups in total. The summed E-state index contributed by atoms with van der Waals surface area (Å²) in [6.07, 6.45) is 7.32. The molecular weight excluding hydrogens is 261 g/mol. The maximum atomic E-state index is 2.37.